The Labute approximate surface area is 159 Å². The molecule has 0 aromatic heterocycles. The monoisotopic (exact) mass is 391 g/mol. The Morgan fingerprint density at radius 2 is 0.870 bits per heavy atom. The minimum atomic E-state index is 0. The van der Waals surface area contributed by atoms with Crippen molar-refractivity contribution in [2.24, 2.45) is 0 Å². The summed E-state index contributed by atoms with van der Waals surface area (Å²) in [7, 11) is 6.94. The molecular weight excluding hydrogens is 346 g/mol. The summed E-state index contributed by atoms with van der Waals surface area (Å²) in [5.74, 6) is 0. The van der Waals surface area contributed by atoms with Crippen LogP contribution in [-0.4, -0.2) is 31.7 Å². The van der Waals surface area contributed by atoms with Crippen LogP contribution in [0, 0.1) is 0 Å². The van der Waals surface area contributed by atoms with Crippen molar-refractivity contribution in [2.75, 3.05) is 21.1 Å². The van der Waals surface area contributed by atoms with Gasteiger partial charge in [-0.15, -0.1) is 0 Å². The Balaban J connectivity index is 0. The SMILES string of the molecule is CCCCCCCCCCCCCCCCC(C)[N+](C)(C)C.[Br-]. The van der Waals surface area contributed by atoms with Gasteiger partial charge in [-0.2, -0.15) is 0 Å². The number of halogens is 1. The van der Waals surface area contributed by atoms with E-state index in [1.54, 1.807) is 0 Å². The Kier molecular flexibility index (Phi) is 19.3. The van der Waals surface area contributed by atoms with E-state index in [0.717, 1.165) is 10.5 Å². The molecule has 1 nitrogen and oxygen atoms in total. The van der Waals surface area contributed by atoms with E-state index in [2.05, 4.69) is 35.0 Å². The zero-order valence-corrected chi connectivity index (χ0v) is 18.6. The fraction of sp³-hybridized carbons (Fsp3) is 1.00. The molecule has 0 aromatic carbocycles. The number of hydrogen-bond acceptors (Lipinski definition) is 0. The minimum absolute atomic E-state index is 0. The van der Waals surface area contributed by atoms with Crippen LogP contribution in [-0.2, 0) is 0 Å². The van der Waals surface area contributed by atoms with Crippen LogP contribution in [0.2, 0.25) is 0 Å². The molecule has 2 heteroatoms. The van der Waals surface area contributed by atoms with Crippen molar-refractivity contribution < 1.29 is 21.5 Å². The average molecular weight is 393 g/mol. The average Bonchev–Trinajstić information content (AvgIpc) is 2.46. The molecule has 0 N–H and O–H groups in total. The van der Waals surface area contributed by atoms with Crippen molar-refractivity contribution >= 4 is 0 Å². The molecule has 0 aliphatic heterocycles. The highest BCUT2D eigenvalue weighted by Crippen LogP contribution is 2.15. The zero-order chi connectivity index (χ0) is 16.7. The van der Waals surface area contributed by atoms with Crippen LogP contribution < -0.4 is 17.0 Å². The van der Waals surface area contributed by atoms with Gasteiger partial charge in [-0.25, -0.2) is 0 Å². The van der Waals surface area contributed by atoms with Gasteiger partial charge in [0, 0.05) is 0 Å². The molecule has 0 spiro atoms. The Hall–Kier alpha value is 0.440. The molecule has 0 aliphatic rings. The topological polar surface area (TPSA) is 0 Å². The Bertz CT molecular complexity index is 222. The van der Waals surface area contributed by atoms with Crippen molar-refractivity contribution in [2.45, 2.75) is 116 Å². The highest BCUT2D eigenvalue weighted by molar-refractivity contribution is 4.53. The second-order valence-corrected chi connectivity index (χ2v) is 8.35. The fourth-order valence-electron chi connectivity index (χ4n) is 3.02. The molecule has 0 saturated carbocycles. The maximum Gasteiger partial charge on any atom is 0.0855 e. The molecule has 0 bridgehead atoms. The van der Waals surface area contributed by atoms with Crippen LogP contribution in [0.25, 0.3) is 0 Å². The molecule has 1 atom stereocenters. The lowest BCUT2D eigenvalue weighted by molar-refractivity contribution is -0.894. The van der Waals surface area contributed by atoms with Crippen molar-refractivity contribution in [1.29, 1.82) is 0 Å². The highest BCUT2D eigenvalue weighted by Gasteiger charge is 2.16. The summed E-state index contributed by atoms with van der Waals surface area (Å²) < 4.78 is 1.11. The predicted molar refractivity (Wildman–Crippen MR) is 102 cm³/mol. The minimum Gasteiger partial charge on any atom is -1.00 e. The van der Waals surface area contributed by atoms with Crippen molar-refractivity contribution in [1.82, 2.24) is 0 Å². The first-order chi connectivity index (χ1) is 10.5. The summed E-state index contributed by atoms with van der Waals surface area (Å²) in [5, 5.41) is 0. The quantitative estimate of drug-likeness (QED) is 0.276. The summed E-state index contributed by atoms with van der Waals surface area (Å²) >= 11 is 0. The molecule has 0 radical (unpaired) electrons. The first-order valence-corrected chi connectivity index (χ1v) is 10.3. The standard InChI is InChI=1S/C21H46N.BrH/c1-6-7-8-9-10-11-12-13-14-15-16-17-18-19-20-21(2)22(3,4)5;/h21H,6-20H2,1-5H3;1H/q+1;/p-1. The lowest BCUT2D eigenvalue weighted by Crippen LogP contribution is -3.00. The third kappa shape index (κ3) is 18.6. The molecule has 0 amide bonds. The van der Waals surface area contributed by atoms with Crippen LogP contribution in [0.4, 0.5) is 0 Å². The van der Waals surface area contributed by atoms with Gasteiger partial charge in [0.1, 0.15) is 0 Å². The van der Waals surface area contributed by atoms with E-state index in [-0.39, 0.29) is 17.0 Å². The normalized spacial score (nSPS) is 12.9. The summed E-state index contributed by atoms with van der Waals surface area (Å²) in [6, 6.07) is 0.803. The van der Waals surface area contributed by atoms with E-state index < -0.39 is 0 Å². The van der Waals surface area contributed by atoms with Gasteiger partial charge in [0.2, 0.25) is 0 Å². The van der Waals surface area contributed by atoms with Gasteiger partial charge in [-0.3, -0.25) is 0 Å². The number of nitrogens with zero attached hydrogens (tertiary/aromatic N) is 1. The van der Waals surface area contributed by atoms with Gasteiger partial charge in [0.15, 0.2) is 0 Å². The molecule has 23 heavy (non-hydrogen) atoms. The summed E-state index contributed by atoms with van der Waals surface area (Å²) in [6.45, 7) is 4.69. The number of hydrogen-bond donors (Lipinski definition) is 0. The van der Waals surface area contributed by atoms with E-state index in [1.165, 1.54) is 96.3 Å². The molecule has 0 aliphatic carbocycles. The van der Waals surface area contributed by atoms with E-state index in [9.17, 15) is 0 Å². The molecule has 142 valence electrons. The van der Waals surface area contributed by atoms with E-state index in [0.29, 0.717) is 0 Å². The molecule has 1 unspecified atom stereocenters. The molecule has 0 saturated heterocycles. The van der Waals surface area contributed by atoms with Crippen molar-refractivity contribution in [3.63, 3.8) is 0 Å². The maximum absolute atomic E-state index is 2.39. The summed E-state index contributed by atoms with van der Waals surface area (Å²) in [6.07, 6.45) is 21.8. The fourth-order valence-corrected chi connectivity index (χ4v) is 3.02. The maximum atomic E-state index is 2.39. The highest BCUT2D eigenvalue weighted by atomic mass is 79.9. The van der Waals surface area contributed by atoms with E-state index in [4.69, 9.17) is 0 Å². The lowest BCUT2D eigenvalue weighted by atomic mass is 10.0. The van der Waals surface area contributed by atoms with Gasteiger partial charge in [0.05, 0.1) is 27.2 Å². The van der Waals surface area contributed by atoms with Crippen LogP contribution in [0.3, 0.4) is 0 Å². The molecule has 0 heterocycles. The predicted octanol–water partition coefficient (Wildman–Crippen LogP) is 3.96. The zero-order valence-electron chi connectivity index (χ0n) is 17.0. The summed E-state index contributed by atoms with van der Waals surface area (Å²) in [5.41, 5.74) is 0. The van der Waals surface area contributed by atoms with Crippen LogP contribution in [0.15, 0.2) is 0 Å². The van der Waals surface area contributed by atoms with Gasteiger partial charge < -0.3 is 21.5 Å². The third-order valence-electron chi connectivity index (χ3n) is 5.30. The van der Waals surface area contributed by atoms with Crippen molar-refractivity contribution in [3.8, 4) is 0 Å². The van der Waals surface area contributed by atoms with E-state index in [1.807, 2.05) is 0 Å². The lowest BCUT2D eigenvalue weighted by Gasteiger charge is -2.31. The molecule has 0 fully saturated rings. The number of rotatable bonds is 16. The van der Waals surface area contributed by atoms with E-state index >= 15 is 0 Å². The second-order valence-electron chi connectivity index (χ2n) is 8.35. The van der Waals surface area contributed by atoms with Gasteiger partial charge in [-0.05, 0) is 19.8 Å². The van der Waals surface area contributed by atoms with Crippen LogP contribution in [0.1, 0.15) is 110 Å². The number of unbranched alkanes of at least 4 members (excludes halogenated alkanes) is 13. The van der Waals surface area contributed by atoms with Gasteiger partial charge in [0.25, 0.3) is 0 Å². The Morgan fingerprint density at radius 1 is 0.565 bits per heavy atom. The van der Waals surface area contributed by atoms with Crippen LogP contribution >= 0.6 is 0 Å². The first kappa shape index (κ1) is 25.7. The van der Waals surface area contributed by atoms with Gasteiger partial charge in [-0.1, -0.05) is 90.4 Å². The largest absolute Gasteiger partial charge is 1.00 e. The molecular formula is C21H46BrN. The van der Waals surface area contributed by atoms with Crippen LogP contribution in [0.5, 0.6) is 0 Å². The summed E-state index contributed by atoms with van der Waals surface area (Å²) in [4.78, 5) is 0. The molecule has 0 aromatic rings. The second kappa shape index (κ2) is 17.3. The molecule has 0 rings (SSSR count). The van der Waals surface area contributed by atoms with Crippen molar-refractivity contribution in [3.05, 3.63) is 0 Å². The first-order valence-electron chi connectivity index (χ1n) is 10.3. The Morgan fingerprint density at radius 3 is 1.17 bits per heavy atom. The smallest absolute Gasteiger partial charge is 0.0855 e. The number of quaternary nitrogens is 1. The van der Waals surface area contributed by atoms with Gasteiger partial charge >= 0.3 is 0 Å². The third-order valence-corrected chi connectivity index (χ3v) is 5.30.